The van der Waals surface area contributed by atoms with Gasteiger partial charge in [0.15, 0.2) is 5.82 Å². The Balaban J connectivity index is 1.54. The normalized spacial score (nSPS) is 16.0. The molecule has 1 amide bonds. The van der Waals surface area contributed by atoms with E-state index < -0.39 is 5.91 Å². The Morgan fingerprint density at radius 2 is 2.19 bits per heavy atom. The number of aryl methyl sites for hydroxylation is 1. The first-order valence-corrected chi connectivity index (χ1v) is 8.47. The summed E-state index contributed by atoms with van der Waals surface area (Å²) in [6, 6.07) is 5.29. The third-order valence-corrected chi connectivity index (χ3v) is 4.16. The maximum absolute atomic E-state index is 12.2. The van der Waals surface area contributed by atoms with Crippen LogP contribution in [0.25, 0.3) is 11.5 Å². The highest BCUT2D eigenvalue weighted by molar-refractivity contribution is 6.58. The Morgan fingerprint density at radius 1 is 1.37 bits per heavy atom. The number of fused-ring (bicyclic) bond motifs is 1. The van der Waals surface area contributed by atoms with Gasteiger partial charge in [0.2, 0.25) is 0 Å². The van der Waals surface area contributed by atoms with Gasteiger partial charge in [-0.1, -0.05) is 16.3 Å². The predicted octanol–water partition coefficient (Wildman–Crippen LogP) is -2.87. The van der Waals surface area contributed by atoms with Crippen LogP contribution in [0.1, 0.15) is 28.0 Å². The molecular weight excluding hydrogens is 347 g/mol. The summed E-state index contributed by atoms with van der Waals surface area (Å²) in [5.41, 5.74) is 1.63. The lowest BCUT2D eigenvalue weighted by molar-refractivity contribution is 0.0919. The molecule has 1 aliphatic rings. The fourth-order valence-electron chi connectivity index (χ4n) is 2.71. The number of ether oxygens (including phenoxy) is 1. The number of carbonyl (C=O) groups is 1. The number of aromatic nitrogens is 6. The standard InChI is InChI=1S/C14H16B3N7O3/c1-24-21-10(20-23-24)11(25)18-8-5-26-9-4-6(2-3-7(8)9)12-19-13(22-27-12)14(15,16)17/h2-4,8H,5,15-17H2,1H3,(H,18,25)/t8-/m1/s1. The second-order valence-corrected chi connectivity index (χ2v) is 7.37. The first kappa shape index (κ1) is 17.3. The lowest BCUT2D eigenvalue weighted by Crippen LogP contribution is -2.30. The average molecular weight is 363 g/mol. The third-order valence-electron chi connectivity index (χ3n) is 4.16. The Hall–Kier alpha value is -3.11. The first-order valence-electron chi connectivity index (χ1n) is 8.47. The van der Waals surface area contributed by atoms with E-state index in [1.165, 1.54) is 4.80 Å². The lowest BCUT2D eigenvalue weighted by atomic mass is 9.42. The largest absolute Gasteiger partial charge is 0.491 e. The molecule has 0 aliphatic carbocycles. The fourth-order valence-corrected chi connectivity index (χ4v) is 2.71. The first-order chi connectivity index (χ1) is 12.8. The molecule has 1 atom stereocenters. The average Bonchev–Trinajstić information content (AvgIpc) is 3.33. The van der Waals surface area contributed by atoms with Gasteiger partial charge in [0, 0.05) is 11.1 Å². The predicted molar refractivity (Wildman–Crippen MR) is 102 cm³/mol. The van der Waals surface area contributed by atoms with E-state index in [-0.39, 0.29) is 17.0 Å². The van der Waals surface area contributed by atoms with Crippen LogP contribution < -0.4 is 10.1 Å². The number of hydrogen-bond acceptors (Lipinski definition) is 8. The van der Waals surface area contributed by atoms with Crippen molar-refractivity contribution in [3.8, 4) is 17.2 Å². The van der Waals surface area contributed by atoms with Crippen molar-refractivity contribution in [1.82, 2.24) is 35.7 Å². The van der Waals surface area contributed by atoms with E-state index in [1.54, 1.807) is 7.05 Å². The van der Waals surface area contributed by atoms with Gasteiger partial charge in [-0.2, -0.15) is 9.78 Å². The summed E-state index contributed by atoms with van der Waals surface area (Å²) >= 11 is 0. The Morgan fingerprint density at radius 3 is 2.85 bits per heavy atom. The number of benzene rings is 1. The van der Waals surface area contributed by atoms with Crippen molar-refractivity contribution in [3.05, 3.63) is 35.4 Å². The van der Waals surface area contributed by atoms with Gasteiger partial charge in [0.1, 0.15) is 12.4 Å². The van der Waals surface area contributed by atoms with Gasteiger partial charge in [-0.25, -0.2) is 0 Å². The summed E-state index contributed by atoms with van der Waals surface area (Å²) in [7, 11) is 7.66. The van der Waals surface area contributed by atoms with Crippen molar-refractivity contribution in [2.24, 2.45) is 7.05 Å². The second-order valence-electron chi connectivity index (χ2n) is 7.37. The van der Waals surface area contributed by atoms with Gasteiger partial charge >= 0.3 is 0 Å². The van der Waals surface area contributed by atoms with E-state index in [4.69, 9.17) is 9.26 Å². The van der Waals surface area contributed by atoms with Crippen molar-refractivity contribution in [3.63, 3.8) is 0 Å². The van der Waals surface area contributed by atoms with E-state index in [0.717, 1.165) is 11.1 Å². The molecule has 1 aliphatic heterocycles. The topological polar surface area (TPSA) is 121 Å². The van der Waals surface area contributed by atoms with Crippen LogP contribution in [0.15, 0.2) is 22.7 Å². The van der Waals surface area contributed by atoms with E-state index in [2.05, 4.69) is 30.9 Å². The van der Waals surface area contributed by atoms with Gasteiger partial charge in [0.25, 0.3) is 17.6 Å². The zero-order chi connectivity index (χ0) is 19.2. The van der Waals surface area contributed by atoms with Gasteiger partial charge < -0.3 is 14.6 Å². The van der Waals surface area contributed by atoms with Gasteiger partial charge in [0.05, 0.1) is 36.6 Å². The number of nitrogens with zero attached hydrogens (tertiary/aromatic N) is 6. The SMILES string of the molecule is BC(B)(B)c1noc(-c2ccc3c(c2)OC[C@H]3NC(=O)c2nnn(C)n2)n1. The lowest BCUT2D eigenvalue weighted by Gasteiger charge is -2.10. The molecular formula is C14H16B3N7O3. The maximum Gasteiger partial charge on any atom is 0.293 e. The highest BCUT2D eigenvalue weighted by Crippen LogP contribution is 2.35. The molecule has 1 aromatic carbocycles. The summed E-state index contributed by atoms with van der Waals surface area (Å²) in [5.74, 6) is 1.35. The number of hydrogen-bond donors (Lipinski definition) is 1. The highest BCUT2D eigenvalue weighted by atomic mass is 16.5. The third kappa shape index (κ3) is 3.32. The van der Waals surface area contributed by atoms with Crippen LogP contribution in [-0.2, 0) is 12.2 Å². The number of nitrogens with one attached hydrogen (secondary N) is 1. The van der Waals surface area contributed by atoms with E-state index in [0.29, 0.717) is 24.1 Å². The van der Waals surface area contributed by atoms with Crippen molar-refractivity contribution in [2.45, 2.75) is 11.2 Å². The monoisotopic (exact) mass is 363 g/mol. The Bertz CT molecular complexity index is 1010. The van der Waals surface area contributed by atoms with Crippen LogP contribution in [0.3, 0.4) is 0 Å². The quantitative estimate of drug-likeness (QED) is 0.492. The molecule has 27 heavy (non-hydrogen) atoms. The van der Waals surface area contributed by atoms with Crippen molar-refractivity contribution >= 4 is 29.4 Å². The number of amides is 1. The van der Waals surface area contributed by atoms with Crippen molar-refractivity contribution in [2.75, 3.05) is 6.61 Å². The van der Waals surface area contributed by atoms with Crippen LogP contribution in [0.5, 0.6) is 5.75 Å². The van der Waals surface area contributed by atoms with Gasteiger partial charge in [-0.3, -0.25) is 4.79 Å². The van der Waals surface area contributed by atoms with Crippen molar-refractivity contribution in [1.29, 1.82) is 0 Å². The Labute approximate surface area is 157 Å². The molecule has 10 nitrogen and oxygen atoms in total. The van der Waals surface area contributed by atoms with Crippen LogP contribution in [-0.4, -0.2) is 66.4 Å². The van der Waals surface area contributed by atoms with Crippen LogP contribution in [0.2, 0.25) is 0 Å². The second kappa shape index (κ2) is 6.25. The minimum atomic E-state index is -0.402. The van der Waals surface area contributed by atoms with E-state index >= 15 is 0 Å². The van der Waals surface area contributed by atoms with Gasteiger partial charge in [-0.15, -0.1) is 10.2 Å². The zero-order valence-electron chi connectivity index (χ0n) is 15.4. The molecule has 3 heterocycles. The van der Waals surface area contributed by atoms with E-state index in [1.807, 2.05) is 41.7 Å². The number of tetrazole rings is 1. The zero-order valence-corrected chi connectivity index (χ0v) is 15.4. The number of carbonyl (C=O) groups excluding carboxylic acids is 1. The molecule has 134 valence electrons. The molecule has 0 saturated carbocycles. The number of rotatable bonds is 4. The van der Waals surface area contributed by atoms with Crippen LogP contribution in [0.4, 0.5) is 0 Å². The summed E-state index contributed by atoms with van der Waals surface area (Å²) in [5, 5.41) is 18.0. The molecule has 3 aromatic rings. The molecule has 2 aromatic heterocycles. The molecule has 13 heteroatoms. The van der Waals surface area contributed by atoms with Gasteiger partial charge in [-0.05, 0) is 17.3 Å². The summed E-state index contributed by atoms with van der Waals surface area (Å²) in [4.78, 5) is 17.9. The fraction of sp³-hybridized carbons (Fsp3) is 0.286. The minimum absolute atomic E-state index is 0.0168. The molecule has 0 spiro atoms. The molecule has 0 fully saturated rings. The summed E-state index contributed by atoms with van der Waals surface area (Å²) in [6.07, 6.45) is 0. The summed E-state index contributed by atoms with van der Waals surface area (Å²) in [6.45, 7) is 0.321. The Kier molecular flexibility index (Phi) is 4.01. The molecule has 0 bridgehead atoms. The summed E-state index contributed by atoms with van der Waals surface area (Å²) < 4.78 is 11.1. The minimum Gasteiger partial charge on any atom is -0.491 e. The smallest absolute Gasteiger partial charge is 0.293 e. The van der Waals surface area contributed by atoms with Crippen molar-refractivity contribution < 1.29 is 14.1 Å². The van der Waals surface area contributed by atoms with E-state index in [9.17, 15) is 4.79 Å². The van der Waals surface area contributed by atoms with Crippen LogP contribution in [0, 0.1) is 0 Å². The molecule has 4 rings (SSSR count). The highest BCUT2D eigenvalue weighted by Gasteiger charge is 2.28. The molecule has 0 unspecified atom stereocenters. The molecule has 0 saturated heterocycles. The molecule has 0 radical (unpaired) electrons. The van der Waals surface area contributed by atoms with Crippen LogP contribution >= 0.6 is 0 Å². The maximum atomic E-state index is 12.2. The molecule has 1 N–H and O–H groups in total.